The third kappa shape index (κ3) is 2.24. The van der Waals surface area contributed by atoms with E-state index in [1.807, 2.05) is 0 Å². The number of hydrogen-bond donors (Lipinski definition) is 0. The summed E-state index contributed by atoms with van der Waals surface area (Å²) in [5.74, 6) is -0.778. The van der Waals surface area contributed by atoms with E-state index in [9.17, 15) is 14.9 Å². The summed E-state index contributed by atoms with van der Waals surface area (Å²) in [4.78, 5) is 20.8. The Morgan fingerprint density at radius 2 is 2.17 bits per heavy atom. The van der Waals surface area contributed by atoms with Crippen molar-refractivity contribution < 1.29 is 18.9 Å². The Labute approximate surface area is 110 Å². The Morgan fingerprint density at radius 3 is 2.67 bits per heavy atom. The molecule has 1 aromatic rings. The number of amides is 1. The highest BCUT2D eigenvalue weighted by Gasteiger charge is 2.26. The minimum atomic E-state index is -0.810. The predicted molar refractivity (Wildman–Crippen MR) is 61.0 cm³/mol. The first-order valence-electron chi connectivity index (χ1n) is 4.61. The monoisotopic (exact) mass is 293 g/mol. The Bertz CT molecular complexity index is 541. The molecule has 0 bridgehead atoms. The van der Waals surface area contributed by atoms with E-state index >= 15 is 0 Å². The maximum atomic E-state index is 11.1. The highest BCUT2D eigenvalue weighted by molar-refractivity contribution is 6.44. The molecule has 0 saturated carbocycles. The molecule has 0 spiro atoms. The zero-order valence-corrected chi connectivity index (χ0v) is 10.1. The van der Waals surface area contributed by atoms with Crippen LogP contribution in [0.5, 0.6) is 0 Å². The Hall–Kier alpha value is -1.80. The molecule has 1 amide bonds. The van der Waals surface area contributed by atoms with Crippen LogP contribution in [0.15, 0.2) is 9.52 Å². The third-order valence-corrected chi connectivity index (χ3v) is 2.85. The number of halogens is 2. The molecule has 1 aliphatic heterocycles. The molecule has 8 nitrogen and oxygen atoms in total. The fraction of sp³-hybridized carbons (Fsp3) is 0.250. The van der Waals surface area contributed by atoms with Gasteiger partial charge < -0.3 is 9.15 Å². The van der Waals surface area contributed by atoms with Gasteiger partial charge in [-0.1, -0.05) is 23.2 Å². The highest BCUT2D eigenvalue weighted by atomic mass is 35.5. The Morgan fingerprint density at radius 1 is 1.44 bits per heavy atom. The number of rotatable bonds is 3. The summed E-state index contributed by atoms with van der Waals surface area (Å²) >= 11 is 11.3. The van der Waals surface area contributed by atoms with Crippen LogP contribution in [-0.4, -0.2) is 35.4 Å². The first-order chi connectivity index (χ1) is 8.50. The van der Waals surface area contributed by atoms with E-state index in [1.165, 1.54) is 0 Å². The van der Waals surface area contributed by atoms with Crippen molar-refractivity contribution in [2.24, 2.45) is 5.10 Å². The van der Waals surface area contributed by atoms with Crippen LogP contribution in [0.2, 0.25) is 10.0 Å². The van der Waals surface area contributed by atoms with Crippen molar-refractivity contribution in [3.63, 3.8) is 0 Å². The molecule has 2 heterocycles. The molecule has 1 aromatic heterocycles. The van der Waals surface area contributed by atoms with Crippen LogP contribution in [0.3, 0.4) is 0 Å². The second-order valence-electron chi connectivity index (χ2n) is 3.14. The number of hydrazone groups is 1. The van der Waals surface area contributed by atoms with Crippen LogP contribution in [0.4, 0.5) is 10.7 Å². The predicted octanol–water partition coefficient (Wildman–Crippen LogP) is 2.28. The standard InChI is InChI=1S/C8H5Cl2N3O5/c9-5-4(18-7(6(5)10)13(15)16)3-11-12-1-2-17-8(12)14/h3H,1-2H2. The first-order valence-corrected chi connectivity index (χ1v) is 5.36. The van der Waals surface area contributed by atoms with Gasteiger partial charge in [0.25, 0.3) is 0 Å². The summed E-state index contributed by atoms with van der Waals surface area (Å²) < 4.78 is 9.44. The number of carbonyl (C=O) groups is 1. The normalized spacial score (nSPS) is 15.4. The SMILES string of the molecule is O=C1OCCN1N=Cc1oc([N+](=O)[O-])c(Cl)c1Cl. The van der Waals surface area contributed by atoms with Gasteiger partial charge in [-0.2, -0.15) is 10.1 Å². The van der Waals surface area contributed by atoms with Crippen LogP contribution in [0.1, 0.15) is 5.76 Å². The van der Waals surface area contributed by atoms with Gasteiger partial charge in [-0.05, 0) is 0 Å². The van der Waals surface area contributed by atoms with E-state index in [0.29, 0.717) is 0 Å². The molecule has 1 saturated heterocycles. The lowest BCUT2D eigenvalue weighted by atomic mass is 10.5. The molecular formula is C8H5Cl2N3O5. The first kappa shape index (κ1) is 12.7. The smallest absolute Gasteiger partial charge is 0.446 e. The number of nitro groups is 1. The molecule has 0 aliphatic carbocycles. The molecule has 96 valence electrons. The van der Waals surface area contributed by atoms with E-state index in [2.05, 4.69) is 9.84 Å². The van der Waals surface area contributed by atoms with Crippen molar-refractivity contribution in [1.82, 2.24) is 5.01 Å². The second-order valence-corrected chi connectivity index (χ2v) is 3.89. The maximum Gasteiger partial charge on any atom is 0.454 e. The molecule has 0 N–H and O–H groups in total. The van der Waals surface area contributed by atoms with Crippen LogP contribution >= 0.6 is 23.2 Å². The van der Waals surface area contributed by atoms with Crippen LogP contribution in [0, 0.1) is 10.1 Å². The number of carbonyl (C=O) groups excluding carboxylic acids is 1. The van der Waals surface area contributed by atoms with Crippen molar-refractivity contribution in [3.8, 4) is 0 Å². The van der Waals surface area contributed by atoms with Crippen LogP contribution in [0.25, 0.3) is 0 Å². The van der Waals surface area contributed by atoms with Gasteiger partial charge in [-0.15, -0.1) is 0 Å². The Balaban J connectivity index is 2.24. The molecule has 0 radical (unpaired) electrons. The van der Waals surface area contributed by atoms with E-state index < -0.39 is 16.9 Å². The molecule has 1 fully saturated rings. The summed E-state index contributed by atoms with van der Waals surface area (Å²) in [6.45, 7) is 0.506. The minimum absolute atomic E-state index is 0.104. The van der Waals surface area contributed by atoms with E-state index in [4.69, 9.17) is 27.6 Å². The summed E-state index contributed by atoms with van der Waals surface area (Å²) in [7, 11) is 0. The van der Waals surface area contributed by atoms with E-state index in [0.717, 1.165) is 11.2 Å². The van der Waals surface area contributed by atoms with E-state index in [-0.39, 0.29) is 29.0 Å². The van der Waals surface area contributed by atoms with Gasteiger partial charge in [0.1, 0.15) is 16.6 Å². The molecular weight excluding hydrogens is 289 g/mol. The second kappa shape index (κ2) is 4.83. The quantitative estimate of drug-likeness (QED) is 0.484. The molecule has 10 heteroatoms. The molecule has 0 aromatic carbocycles. The fourth-order valence-electron chi connectivity index (χ4n) is 1.21. The number of nitrogens with zero attached hydrogens (tertiary/aromatic N) is 3. The average molecular weight is 294 g/mol. The lowest BCUT2D eigenvalue weighted by Crippen LogP contribution is -2.17. The number of hydrogen-bond acceptors (Lipinski definition) is 6. The van der Waals surface area contributed by atoms with Gasteiger partial charge in [0.2, 0.25) is 0 Å². The summed E-state index contributed by atoms with van der Waals surface area (Å²) in [6, 6.07) is 0. The van der Waals surface area contributed by atoms with Crippen LogP contribution < -0.4 is 0 Å². The zero-order chi connectivity index (χ0) is 13.3. The molecule has 1 aliphatic rings. The van der Waals surface area contributed by atoms with Gasteiger partial charge in [-0.3, -0.25) is 10.1 Å². The lowest BCUT2D eigenvalue weighted by Gasteiger charge is -2.02. The summed E-state index contributed by atoms with van der Waals surface area (Å²) in [5, 5.41) is 14.8. The molecule has 0 unspecified atom stereocenters. The topological polar surface area (TPSA) is 98.2 Å². The number of cyclic esters (lactones) is 1. The van der Waals surface area contributed by atoms with E-state index in [1.54, 1.807) is 0 Å². The van der Waals surface area contributed by atoms with Crippen molar-refractivity contribution in [1.29, 1.82) is 0 Å². The zero-order valence-electron chi connectivity index (χ0n) is 8.63. The van der Waals surface area contributed by atoms with Crippen molar-refractivity contribution in [3.05, 3.63) is 25.9 Å². The molecule has 0 atom stereocenters. The van der Waals surface area contributed by atoms with Gasteiger partial charge >= 0.3 is 12.0 Å². The molecule has 18 heavy (non-hydrogen) atoms. The van der Waals surface area contributed by atoms with Gasteiger partial charge in [0, 0.05) is 0 Å². The van der Waals surface area contributed by atoms with Crippen molar-refractivity contribution >= 4 is 41.4 Å². The highest BCUT2D eigenvalue weighted by Crippen LogP contribution is 2.36. The number of furan rings is 1. The van der Waals surface area contributed by atoms with Crippen LogP contribution in [-0.2, 0) is 4.74 Å². The number of ether oxygens (including phenoxy) is 1. The lowest BCUT2D eigenvalue weighted by molar-refractivity contribution is -0.402. The fourth-order valence-corrected chi connectivity index (χ4v) is 1.58. The van der Waals surface area contributed by atoms with Gasteiger partial charge in [0.15, 0.2) is 10.8 Å². The average Bonchev–Trinajstić information content (AvgIpc) is 2.84. The largest absolute Gasteiger partial charge is 0.454 e. The van der Waals surface area contributed by atoms with Gasteiger partial charge in [-0.25, -0.2) is 4.79 Å². The Kier molecular flexibility index (Phi) is 3.39. The minimum Gasteiger partial charge on any atom is -0.446 e. The summed E-state index contributed by atoms with van der Waals surface area (Å²) in [6.07, 6.45) is 0.447. The van der Waals surface area contributed by atoms with Gasteiger partial charge in [0.05, 0.1) is 12.8 Å². The van der Waals surface area contributed by atoms with Crippen molar-refractivity contribution in [2.45, 2.75) is 0 Å². The third-order valence-electron chi connectivity index (χ3n) is 2.02. The van der Waals surface area contributed by atoms with Crippen molar-refractivity contribution in [2.75, 3.05) is 13.2 Å². The summed E-state index contributed by atoms with van der Waals surface area (Å²) in [5.41, 5.74) is 0. The maximum absolute atomic E-state index is 11.1. The molecule has 2 rings (SSSR count).